The van der Waals surface area contributed by atoms with Gasteiger partial charge in [-0.15, -0.1) is 0 Å². The zero-order valence-corrected chi connectivity index (χ0v) is 13.1. The Labute approximate surface area is 120 Å². The fourth-order valence-corrected chi connectivity index (χ4v) is 2.90. The summed E-state index contributed by atoms with van der Waals surface area (Å²) in [4.78, 5) is 14.5. The molecule has 5 heteroatoms. The predicted octanol–water partition coefficient (Wildman–Crippen LogP) is 2.03. The Hall–Kier alpha value is -1.36. The van der Waals surface area contributed by atoms with E-state index < -0.39 is 0 Å². The number of likely N-dealkylation sites (N-methyl/N-ethyl adjacent to an activating group) is 1. The zero-order valence-electron chi connectivity index (χ0n) is 13.1. The molecule has 1 atom stereocenters. The molecular weight excluding hydrogens is 254 g/mol. The molecule has 1 unspecified atom stereocenters. The average molecular weight is 279 g/mol. The van der Waals surface area contributed by atoms with Gasteiger partial charge in [0.15, 0.2) is 0 Å². The van der Waals surface area contributed by atoms with Gasteiger partial charge in [0.05, 0.1) is 18.3 Å². The van der Waals surface area contributed by atoms with Gasteiger partial charge < -0.3 is 14.7 Å². The summed E-state index contributed by atoms with van der Waals surface area (Å²) in [6.07, 6.45) is 2.21. The van der Waals surface area contributed by atoms with E-state index in [1.165, 1.54) is 0 Å². The van der Waals surface area contributed by atoms with E-state index in [1.807, 2.05) is 20.9 Å². The van der Waals surface area contributed by atoms with Crippen molar-refractivity contribution in [3.8, 4) is 0 Å². The molecule has 1 saturated heterocycles. The molecule has 0 spiro atoms. The molecule has 0 saturated carbocycles. The summed E-state index contributed by atoms with van der Waals surface area (Å²) in [5.41, 5.74) is 1.87. The van der Waals surface area contributed by atoms with Crippen molar-refractivity contribution in [2.45, 2.75) is 53.1 Å². The van der Waals surface area contributed by atoms with Crippen molar-refractivity contribution >= 4 is 5.91 Å². The highest BCUT2D eigenvalue weighted by molar-refractivity contribution is 5.82. The standard InChI is InChI=1S/C15H25N3O2/c1-10-12(11(2)20-17-10)9-18(5)14(19)13-15(3,4)7-6-8-16-13/h13,16H,6-9H2,1-5H3. The van der Waals surface area contributed by atoms with Gasteiger partial charge in [-0.2, -0.15) is 0 Å². The van der Waals surface area contributed by atoms with Gasteiger partial charge in [0.2, 0.25) is 5.91 Å². The van der Waals surface area contributed by atoms with Crippen LogP contribution in [0.3, 0.4) is 0 Å². The van der Waals surface area contributed by atoms with Gasteiger partial charge in [0, 0.05) is 12.6 Å². The number of carbonyl (C=O) groups is 1. The molecule has 0 aromatic carbocycles. The first-order valence-electron chi connectivity index (χ1n) is 7.23. The lowest BCUT2D eigenvalue weighted by atomic mass is 9.77. The van der Waals surface area contributed by atoms with Crippen LogP contribution in [0.15, 0.2) is 4.52 Å². The Bertz CT molecular complexity index is 474. The molecule has 0 bridgehead atoms. The topological polar surface area (TPSA) is 58.4 Å². The Balaban J connectivity index is 2.09. The van der Waals surface area contributed by atoms with E-state index in [1.54, 1.807) is 4.90 Å². The zero-order chi connectivity index (χ0) is 14.9. The van der Waals surface area contributed by atoms with E-state index in [0.717, 1.165) is 36.4 Å². The third kappa shape index (κ3) is 2.87. The fourth-order valence-electron chi connectivity index (χ4n) is 2.90. The van der Waals surface area contributed by atoms with E-state index in [-0.39, 0.29) is 17.4 Å². The summed E-state index contributed by atoms with van der Waals surface area (Å²) in [6.45, 7) is 9.58. The normalized spacial score (nSPS) is 21.8. The highest BCUT2D eigenvalue weighted by Crippen LogP contribution is 2.31. The molecule has 1 N–H and O–H groups in total. The summed E-state index contributed by atoms with van der Waals surface area (Å²) in [5.74, 6) is 0.938. The summed E-state index contributed by atoms with van der Waals surface area (Å²) < 4.78 is 5.16. The van der Waals surface area contributed by atoms with Crippen LogP contribution in [0.5, 0.6) is 0 Å². The average Bonchev–Trinajstić information content (AvgIpc) is 2.69. The molecule has 2 rings (SSSR count). The third-order valence-corrected chi connectivity index (χ3v) is 4.33. The van der Waals surface area contributed by atoms with Crippen LogP contribution in [0.25, 0.3) is 0 Å². The summed E-state index contributed by atoms with van der Waals surface area (Å²) in [5, 5.41) is 7.31. The van der Waals surface area contributed by atoms with Gasteiger partial charge in [-0.1, -0.05) is 19.0 Å². The van der Waals surface area contributed by atoms with E-state index in [9.17, 15) is 4.79 Å². The van der Waals surface area contributed by atoms with Gasteiger partial charge in [0.1, 0.15) is 5.76 Å². The molecule has 1 aromatic rings. The Morgan fingerprint density at radius 3 is 2.75 bits per heavy atom. The minimum atomic E-state index is -0.110. The number of hydrogen-bond acceptors (Lipinski definition) is 4. The molecular formula is C15H25N3O2. The van der Waals surface area contributed by atoms with Crippen LogP contribution in [0.1, 0.15) is 43.7 Å². The summed E-state index contributed by atoms with van der Waals surface area (Å²) >= 11 is 0. The van der Waals surface area contributed by atoms with Gasteiger partial charge in [0.25, 0.3) is 0 Å². The molecule has 0 aliphatic carbocycles. The number of aromatic nitrogens is 1. The number of piperidine rings is 1. The second-order valence-corrected chi connectivity index (χ2v) is 6.48. The van der Waals surface area contributed by atoms with Crippen molar-refractivity contribution in [3.05, 3.63) is 17.0 Å². The molecule has 2 heterocycles. The summed E-state index contributed by atoms with van der Waals surface area (Å²) in [6, 6.07) is -0.110. The molecule has 1 aliphatic rings. The Kier molecular flexibility index (Phi) is 4.18. The number of carbonyl (C=O) groups excluding carboxylic acids is 1. The van der Waals surface area contributed by atoms with Gasteiger partial charge in [-0.05, 0) is 38.6 Å². The Morgan fingerprint density at radius 2 is 2.20 bits per heavy atom. The Morgan fingerprint density at radius 1 is 1.50 bits per heavy atom. The van der Waals surface area contributed by atoms with Crippen LogP contribution in [-0.2, 0) is 11.3 Å². The first-order valence-corrected chi connectivity index (χ1v) is 7.23. The monoisotopic (exact) mass is 279 g/mol. The highest BCUT2D eigenvalue weighted by atomic mass is 16.5. The molecule has 5 nitrogen and oxygen atoms in total. The maximum Gasteiger partial charge on any atom is 0.240 e. The molecule has 112 valence electrons. The number of aryl methyl sites for hydroxylation is 2. The number of rotatable bonds is 3. The quantitative estimate of drug-likeness (QED) is 0.919. The maximum absolute atomic E-state index is 12.7. The van der Waals surface area contributed by atoms with Crippen LogP contribution in [-0.4, -0.2) is 35.6 Å². The molecule has 1 amide bonds. The molecule has 1 aliphatic heterocycles. The van der Waals surface area contributed by atoms with Gasteiger partial charge in [-0.25, -0.2) is 0 Å². The SMILES string of the molecule is Cc1noc(C)c1CN(C)C(=O)C1NCCCC1(C)C. The summed E-state index contributed by atoms with van der Waals surface area (Å²) in [7, 11) is 1.85. The van der Waals surface area contributed by atoms with Crippen LogP contribution < -0.4 is 5.32 Å². The number of nitrogens with one attached hydrogen (secondary N) is 1. The fraction of sp³-hybridized carbons (Fsp3) is 0.733. The second kappa shape index (κ2) is 5.56. The molecule has 1 fully saturated rings. The first kappa shape index (κ1) is 15.0. The lowest BCUT2D eigenvalue weighted by Crippen LogP contribution is -2.55. The van der Waals surface area contributed by atoms with Gasteiger partial charge >= 0.3 is 0 Å². The molecule has 1 aromatic heterocycles. The van der Waals surface area contributed by atoms with Crippen molar-refractivity contribution in [2.24, 2.45) is 5.41 Å². The molecule has 20 heavy (non-hydrogen) atoms. The van der Waals surface area contributed by atoms with Crippen molar-refractivity contribution in [1.29, 1.82) is 0 Å². The maximum atomic E-state index is 12.7. The van der Waals surface area contributed by atoms with Crippen LogP contribution >= 0.6 is 0 Å². The smallest absolute Gasteiger partial charge is 0.240 e. The van der Waals surface area contributed by atoms with E-state index in [2.05, 4.69) is 24.3 Å². The van der Waals surface area contributed by atoms with Crippen molar-refractivity contribution in [1.82, 2.24) is 15.4 Å². The van der Waals surface area contributed by atoms with E-state index in [4.69, 9.17) is 4.52 Å². The predicted molar refractivity (Wildman–Crippen MR) is 77.3 cm³/mol. The molecule has 0 radical (unpaired) electrons. The van der Waals surface area contributed by atoms with Crippen molar-refractivity contribution < 1.29 is 9.32 Å². The van der Waals surface area contributed by atoms with Crippen molar-refractivity contribution in [3.63, 3.8) is 0 Å². The second-order valence-electron chi connectivity index (χ2n) is 6.48. The van der Waals surface area contributed by atoms with E-state index >= 15 is 0 Å². The largest absolute Gasteiger partial charge is 0.361 e. The van der Waals surface area contributed by atoms with Crippen molar-refractivity contribution in [2.75, 3.05) is 13.6 Å². The van der Waals surface area contributed by atoms with Crippen LogP contribution in [0, 0.1) is 19.3 Å². The lowest BCUT2D eigenvalue weighted by molar-refractivity contribution is -0.136. The van der Waals surface area contributed by atoms with Crippen LogP contribution in [0.4, 0.5) is 0 Å². The first-order chi connectivity index (χ1) is 9.33. The lowest BCUT2D eigenvalue weighted by Gasteiger charge is -2.40. The van der Waals surface area contributed by atoms with E-state index in [0.29, 0.717) is 6.54 Å². The highest BCUT2D eigenvalue weighted by Gasteiger charge is 2.38. The van der Waals surface area contributed by atoms with Crippen LogP contribution in [0.2, 0.25) is 0 Å². The minimum Gasteiger partial charge on any atom is -0.361 e. The third-order valence-electron chi connectivity index (χ3n) is 4.33. The minimum absolute atomic E-state index is 0.00231. The number of nitrogens with zero attached hydrogens (tertiary/aromatic N) is 2. The number of amides is 1. The van der Waals surface area contributed by atoms with Gasteiger partial charge in [-0.3, -0.25) is 4.79 Å². The number of hydrogen-bond donors (Lipinski definition) is 1.